The largest absolute Gasteiger partial charge is 0.395 e. The second-order valence-corrected chi connectivity index (χ2v) is 7.29. The molecule has 0 atom stereocenters. The molecule has 1 aromatic carbocycles. The van der Waals surface area contributed by atoms with Crippen molar-refractivity contribution in [1.82, 2.24) is 19.9 Å². The molecule has 1 aliphatic rings. The van der Waals surface area contributed by atoms with Crippen LogP contribution in [0, 0.1) is 0 Å². The van der Waals surface area contributed by atoms with E-state index in [1.54, 1.807) is 4.90 Å². The molecule has 0 saturated heterocycles. The number of carbonyl (C=O) groups is 1. The van der Waals surface area contributed by atoms with Crippen LogP contribution in [0.5, 0.6) is 0 Å². The summed E-state index contributed by atoms with van der Waals surface area (Å²) in [4.78, 5) is 28.0. The first-order chi connectivity index (χ1) is 14.1. The number of fused-ring (bicyclic) bond motifs is 2. The number of para-hydroxylation sites is 1. The van der Waals surface area contributed by atoms with Crippen molar-refractivity contribution in [2.24, 2.45) is 0 Å². The van der Waals surface area contributed by atoms with Gasteiger partial charge in [-0.15, -0.1) is 0 Å². The van der Waals surface area contributed by atoms with Gasteiger partial charge in [0.15, 0.2) is 0 Å². The molecule has 150 valence electrons. The normalized spacial score (nSPS) is 13.2. The molecule has 1 aliphatic heterocycles. The number of aliphatic hydroxyl groups is 1. The Kier molecular flexibility index (Phi) is 5.26. The van der Waals surface area contributed by atoms with Crippen molar-refractivity contribution in [3.05, 3.63) is 53.3 Å². The zero-order chi connectivity index (χ0) is 20.4. The third-order valence-electron chi connectivity index (χ3n) is 4.92. The van der Waals surface area contributed by atoms with Crippen LogP contribution in [0.4, 0.5) is 11.8 Å². The highest BCUT2D eigenvalue weighted by Crippen LogP contribution is 2.29. The first-order valence-corrected chi connectivity index (χ1v) is 9.71. The maximum atomic E-state index is 12.8. The van der Waals surface area contributed by atoms with E-state index in [4.69, 9.17) is 5.11 Å². The van der Waals surface area contributed by atoms with Crippen LogP contribution in [0.25, 0.3) is 10.9 Å². The van der Waals surface area contributed by atoms with Crippen LogP contribution in [0.15, 0.2) is 36.5 Å². The third-order valence-corrected chi connectivity index (χ3v) is 4.92. The van der Waals surface area contributed by atoms with Crippen molar-refractivity contribution < 1.29 is 9.90 Å². The van der Waals surface area contributed by atoms with Crippen LogP contribution in [-0.2, 0) is 13.1 Å². The summed E-state index contributed by atoms with van der Waals surface area (Å²) in [6, 6.07) is 10.1. The number of aliphatic hydroxyl groups excluding tert-OH is 1. The van der Waals surface area contributed by atoms with Crippen LogP contribution in [-0.4, -0.2) is 50.1 Å². The molecule has 0 spiro atoms. The van der Waals surface area contributed by atoms with Crippen molar-refractivity contribution in [3.63, 3.8) is 0 Å². The number of hydrogen-bond donors (Lipinski definition) is 3. The van der Waals surface area contributed by atoms with E-state index in [0.717, 1.165) is 22.0 Å². The van der Waals surface area contributed by atoms with Gasteiger partial charge in [0.2, 0.25) is 5.95 Å². The molecule has 3 N–H and O–H groups in total. The lowest BCUT2D eigenvalue weighted by molar-refractivity contribution is 0.0726. The molecule has 4 rings (SSSR count). The predicted molar refractivity (Wildman–Crippen MR) is 112 cm³/mol. The molecule has 1 amide bonds. The molecule has 2 aromatic heterocycles. The SMILES string of the molecule is CC(C)N1Cc2c(NCc3cnc4ccccc4c3)nc(NCCO)nc2C1=O. The maximum Gasteiger partial charge on any atom is 0.273 e. The summed E-state index contributed by atoms with van der Waals surface area (Å²) in [5.41, 5.74) is 3.18. The predicted octanol–water partition coefficient (Wildman–Crippen LogP) is 2.41. The van der Waals surface area contributed by atoms with Gasteiger partial charge < -0.3 is 20.6 Å². The molecule has 0 radical (unpaired) electrons. The van der Waals surface area contributed by atoms with Crippen molar-refractivity contribution >= 4 is 28.6 Å². The van der Waals surface area contributed by atoms with Crippen LogP contribution in [0.2, 0.25) is 0 Å². The van der Waals surface area contributed by atoms with Gasteiger partial charge in [-0.05, 0) is 31.5 Å². The van der Waals surface area contributed by atoms with Gasteiger partial charge in [0, 0.05) is 36.3 Å². The second kappa shape index (κ2) is 8.00. The van der Waals surface area contributed by atoms with E-state index in [1.165, 1.54) is 0 Å². The van der Waals surface area contributed by atoms with Crippen molar-refractivity contribution in [2.45, 2.75) is 33.0 Å². The van der Waals surface area contributed by atoms with Gasteiger partial charge in [-0.25, -0.2) is 4.98 Å². The summed E-state index contributed by atoms with van der Waals surface area (Å²) in [5, 5.41) is 16.5. The van der Waals surface area contributed by atoms with Crippen LogP contribution in [0.1, 0.15) is 35.5 Å². The summed E-state index contributed by atoms with van der Waals surface area (Å²) in [5.74, 6) is 0.857. The molecule has 29 heavy (non-hydrogen) atoms. The van der Waals surface area contributed by atoms with E-state index in [1.807, 2.05) is 44.3 Å². The number of pyridine rings is 1. The highest BCUT2D eigenvalue weighted by Gasteiger charge is 2.34. The molecule has 3 aromatic rings. The summed E-state index contributed by atoms with van der Waals surface area (Å²) in [6.45, 7) is 5.24. The average molecular weight is 392 g/mol. The fraction of sp³-hybridized carbons (Fsp3) is 0.333. The molecule has 8 nitrogen and oxygen atoms in total. The van der Waals surface area contributed by atoms with Gasteiger partial charge in [-0.2, -0.15) is 4.98 Å². The maximum absolute atomic E-state index is 12.8. The van der Waals surface area contributed by atoms with Gasteiger partial charge in [0.1, 0.15) is 11.5 Å². The van der Waals surface area contributed by atoms with E-state index in [2.05, 4.69) is 31.7 Å². The number of aromatic nitrogens is 3. The Morgan fingerprint density at radius 1 is 1.21 bits per heavy atom. The number of hydrogen-bond acceptors (Lipinski definition) is 7. The number of nitrogens with zero attached hydrogens (tertiary/aromatic N) is 4. The second-order valence-electron chi connectivity index (χ2n) is 7.29. The molecular formula is C21H24N6O2. The van der Waals surface area contributed by atoms with Gasteiger partial charge >= 0.3 is 0 Å². The minimum atomic E-state index is -0.0973. The average Bonchev–Trinajstić information content (AvgIpc) is 3.07. The summed E-state index contributed by atoms with van der Waals surface area (Å²) in [7, 11) is 0. The van der Waals surface area contributed by atoms with Crippen molar-refractivity contribution in [3.8, 4) is 0 Å². The molecule has 0 fully saturated rings. The van der Waals surface area contributed by atoms with E-state index in [9.17, 15) is 4.79 Å². The Morgan fingerprint density at radius 3 is 2.83 bits per heavy atom. The Balaban J connectivity index is 1.62. The van der Waals surface area contributed by atoms with Crippen molar-refractivity contribution in [1.29, 1.82) is 0 Å². The number of rotatable bonds is 7. The van der Waals surface area contributed by atoms with Crippen LogP contribution >= 0.6 is 0 Å². The first kappa shape index (κ1) is 19.1. The number of nitrogens with one attached hydrogen (secondary N) is 2. The van der Waals surface area contributed by atoms with E-state index < -0.39 is 0 Å². The third kappa shape index (κ3) is 3.84. The fourth-order valence-electron chi connectivity index (χ4n) is 3.40. The Labute approximate surface area is 169 Å². The molecule has 3 heterocycles. The summed E-state index contributed by atoms with van der Waals surface area (Å²) < 4.78 is 0. The molecule has 0 unspecified atom stereocenters. The number of amides is 1. The Hall–Kier alpha value is -3.26. The van der Waals surface area contributed by atoms with E-state index in [0.29, 0.717) is 37.1 Å². The Morgan fingerprint density at radius 2 is 2.03 bits per heavy atom. The molecule has 8 heteroatoms. The Bertz CT molecular complexity index is 1050. The lowest BCUT2D eigenvalue weighted by Gasteiger charge is -2.19. The quantitative estimate of drug-likeness (QED) is 0.567. The van der Waals surface area contributed by atoms with Crippen LogP contribution in [0.3, 0.4) is 0 Å². The number of anilines is 2. The number of benzene rings is 1. The summed E-state index contributed by atoms with van der Waals surface area (Å²) in [6.07, 6.45) is 1.84. The van der Waals surface area contributed by atoms with Gasteiger partial charge in [-0.1, -0.05) is 18.2 Å². The highest BCUT2D eigenvalue weighted by atomic mass is 16.3. The number of carbonyl (C=O) groups excluding carboxylic acids is 1. The summed E-state index contributed by atoms with van der Waals surface area (Å²) >= 11 is 0. The molecule has 0 bridgehead atoms. The van der Waals surface area contributed by atoms with Gasteiger partial charge in [-0.3, -0.25) is 9.78 Å². The zero-order valence-corrected chi connectivity index (χ0v) is 16.5. The highest BCUT2D eigenvalue weighted by molar-refractivity contribution is 5.98. The van der Waals surface area contributed by atoms with Gasteiger partial charge in [0.05, 0.1) is 18.7 Å². The monoisotopic (exact) mass is 392 g/mol. The lowest BCUT2D eigenvalue weighted by atomic mass is 10.1. The van der Waals surface area contributed by atoms with E-state index in [-0.39, 0.29) is 18.6 Å². The molecule has 0 aliphatic carbocycles. The smallest absolute Gasteiger partial charge is 0.273 e. The lowest BCUT2D eigenvalue weighted by Crippen LogP contribution is -2.31. The molecular weight excluding hydrogens is 368 g/mol. The minimum Gasteiger partial charge on any atom is -0.395 e. The standard InChI is InChI=1S/C21H24N6O2/c1-13(2)27-12-16-18(20(27)29)25-21(22-7-8-28)26-19(16)24-11-14-9-15-5-3-4-6-17(15)23-10-14/h3-6,9-10,13,28H,7-8,11-12H2,1-2H3,(H2,22,24,25,26). The van der Waals surface area contributed by atoms with E-state index >= 15 is 0 Å². The fourth-order valence-corrected chi connectivity index (χ4v) is 3.40. The van der Waals surface area contributed by atoms with Gasteiger partial charge in [0.25, 0.3) is 5.91 Å². The zero-order valence-electron chi connectivity index (χ0n) is 16.5. The minimum absolute atomic E-state index is 0.0436. The first-order valence-electron chi connectivity index (χ1n) is 9.71. The topological polar surface area (TPSA) is 103 Å². The molecule has 0 saturated carbocycles. The van der Waals surface area contributed by atoms with Crippen molar-refractivity contribution in [2.75, 3.05) is 23.8 Å². The van der Waals surface area contributed by atoms with Crippen LogP contribution < -0.4 is 10.6 Å².